The van der Waals surface area contributed by atoms with Crippen molar-refractivity contribution in [1.29, 1.82) is 0 Å². The minimum absolute atomic E-state index is 0.0181. The predicted molar refractivity (Wildman–Crippen MR) is 259 cm³/mol. The number of rotatable bonds is 14. The summed E-state index contributed by atoms with van der Waals surface area (Å²) in [5.41, 5.74) is 5.65. The van der Waals surface area contributed by atoms with Gasteiger partial charge in [-0.1, -0.05) is 129 Å². The van der Waals surface area contributed by atoms with E-state index in [1.807, 2.05) is 65.6 Å². The van der Waals surface area contributed by atoms with E-state index in [-0.39, 0.29) is 43.3 Å². The van der Waals surface area contributed by atoms with Crippen molar-refractivity contribution in [3.63, 3.8) is 0 Å². The number of morpholine rings is 1. The van der Waals surface area contributed by atoms with E-state index >= 15 is 19.2 Å². The van der Waals surface area contributed by atoms with Gasteiger partial charge in [-0.05, 0) is 64.1 Å². The summed E-state index contributed by atoms with van der Waals surface area (Å²) in [5.74, 6) is 0.523. The van der Waals surface area contributed by atoms with Crippen molar-refractivity contribution in [2.75, 3.05) is 38.3 Å². The fourth-order valence-electron chi connectivity index (χ4n) is 10.1. The van der Waals surface area contributed by atoms with E-state index in [0.29, 0.717) is 27.8 Å². The summed E-state index contributed by atoms with van der Waals surface area (Å²) in [4.78, 5) is 90.3. The first kappa shape index (κ1) is 49.4. The van der Waals surface area contributed by atoms with Gasteiger partial charge in [0.2, 0.25) is 11.8 Å². The highest BCUT2D eigenvalue weighted by atomic mass is 16.6. The molecule has 2 fully saturated rings. The molecule has 366 valence electrons. The molecule has 0 aliphatic carbocycles. The van der Waals surface area contributed by atoms with Crippen molar-refractivity contribution in [2.24, 2.45) is 17.6 Å². The number of primary amides is 1. The Labute approximate surface area is 410 Å². The molecule has 5 aromatic carbocycles. The number of imide groups is 1. The van der Waals surface area contributed by atoms with Crippen molar-refractivity contribution in [3.8, 4) is 17.6 Å². The number of carbonyl (C=O) groups is 6. The molecule has 1 spiro atoms. The molecule has 71 heavy (non-hydrogen) atoms. The number of cyclic esters (lactones) is 1. The molecule has 0 radical (unpaired) electrons. The number of ether oxygens (including phenoxy) is 3. The van der Waals surface area contributed by atoms with Crippen molar-refractivity contribution in [3.05, 3.63) is 167 Å². The number of hydrogen-bond donors (Lipinski definition) is 6. The lowest BCUT2D eigenvalue weighted by Crippen LogP contribution is -2.58. The molecule has 8 rings (SSSR count). The number of methoxy groups -OCH3 is 1. The number of amides is 6. The van der Waals surface area contributed by atoms with Gasteiger partial charge < -0.3 is 46.1 Å². The number of fused-ring (bicyclic) bond motifs is 3. The van der Waals surface area contributed by atoms with Crippen molar-refractivity contribution < 1.29 is 53.2 Å². The highest BCUT2D eigenvalue weighted by Crippen LogP contribution is 2.66. The normalized spacial score (nSPS) is 22.0. The van der Waals surface area contributed by atoms with Crippen LogP contribution in [0.4, 0.5) is 15.3 Å². The second kappa shape index (κ2) is 21.3. The van der Waals surface area contributed by atoms with Crippen molar-refractivity contribution in [2.45, 2.75) is 55.6 Å². The SMILES string of the molecule is COC(=O)[C@@H](NC(=O)N1C(=O)[C@@]2(c3cc(C#CCNC(N)=O)ccc31)[C@H](c1cccc(OCCO)c1)N1[C@H](c3ccccc3)[C@H](c3ccccc3)OC(=O)[C@H]1[C@@H]2C(=O)NC[C@H](O)c1ccccc1)C(C)C. The molecule has 0 aromatic heterocycles. The Morgan fingerprint density at radius 3 is 2.14 bits per heavy atom. The van der Waals surface area contributed by atoms with Gasteiger partial charge in [0.25, 0.3) is 0 Å². The maximum Gasteiger partial charge on any atom is 0.329 e. The average molecular weight is 963 g/mol. The van der Waals surface area contributed by atoms with Crippen LogP contribution in [0, 0.1) is 23.7 Å². The minimum atomic E-state index is -2.24. The number of aliphatic hydroxyl groups is 2. The molecule has 7 N–H and O–H groups in total. The molecule has 0 unspecified atom stereocenters. The van der Waals surface area contributed by atoms with Gasteiger partial charge in [-0.15, -0.1) is 0 Å². The molecule has 17 nitrogen and oxygen atoms in total. The van der Waals surface area contributed by atoms with Crippen LogP contribution in [0.3, 0.4) is 0 Å². The van der Waals surface area contributed by atoms with Crippen LogP contribution in [0.15, 0.2) is 133 Å². The smallest absolute Gasteiger partial charge is 0.329 e. The summed E-state index contributed by atoms with van der Waals surface area (Å²) in [6.07, 6.45) is -2.24. The number of anilines is 1. The second-order valence-corrected chi connectivity index (χ2v) is 17.7. The van der Waals surface area contributed by atoms with E-state index in [1.165, 1.54) is 13.2 Å². The van der Waals surface area contributed by atoms with Crippen LogP contribution in [-0.4, -0.2) is 96.4 Å². The monoisotopic (exact) mass is 962 g/mol. The Balaban J connectivity index is 1.44. The molecule has 3 aliphatic rings. The number of hydrogen-bond acceptors (Lipinski definition) is 12. The van der Waals surface area contributed by atoms with E-state index in [1.54, 1.807) is 80.6 Å². The zero-order chi connectivity index (χ0) is 50.4. The minimum Gasteiger partial charge on any atom is -0.491 e. The second-order valence-electron chi connectivity index (χ2n) is 17.7. The lowest BCUT2D eigenvalue weighted by atomic mass is 9.65. The van der Waals surface area contributed by atoms with Gasteiger partial charge in [0, 0.05) is 12.1 Å². The van der Waals surface area contributed by atoms with Gasteiger partial charge in [0.15, 0.2) is 0 Å². The first-order valence-electron chi connectivity index (χ1n) is 23.1. The molecule has 5 aromatic rings. The van der Waals surface area contributed by atoms with E-state index in [2.05, 4.69) is 27.8 Å². The number of aliphatic hydroxyl groups excluding tert-OH is 2. The number of nitrogens with zero attached hydrogens (tertiary/aromatic N) is 2. The highest BCUT2D eigenvalue weighted by Gasteiger charge is 2.75. The van der Waals surface area contributed by atoms with E-state index in [9.17, 15) is 19.8 Å². The molecule has 3 aliphatic heterocycles. The molecule has 3 heterocycles. The van der Waals surface area contributed by atoms with E-state index in [0.717, 1.165) is 4.90 Å². The number of nitrogens with two attached hydrogens (primary N) is 1. The quantitative estimate of drug-likeness (QED) is 0.0667. The summed E-state index contributed by atoms with van der Waals surface area (Å²) in [7, 11) is 1.18. The molecular weight excluding hydrogens is 909 g/mol. The molecule has 2 saturated heterocycles. The Bertz CT molecular complexity index is 2860. The molecule has 0 bridgehead atoms. The first-order chi connectivity index (χ1) is 34.3. The number of esters is 2. The van der Waals surface area contributed by atoms with E-state index in [4.69, 9.17) is 19.9 Å². The van der Waals surface area contributed by atoms with Gasteiger partial charge in [-0.25, -0.2) is 19.3 Å². The fourth-order valence-corrected chi connectivity index (χ4v) is 10.1. The average Bonchev–Trinajstić information content (AvgIpc) is 3.84. The molecule has 8 atom stereocenters. The summed E-state index contributed by atoms with van der Waals surface area (Å²) >= 11 is 0. The Hall–Kier alpha value is -8.04. The van der Waals surface area contributed by atoms with Gasteiger partial charge in [0.1, 0.15) is 36.0 Å². The Kier molecular flexibility index (Phi) is 14.8. The summed E-state index contributed by atoms with van der Waals surface area (Å²) in [6, 6.07) is 31.5. The lowest BCUT2D eigenvalue weighted by molar-refractivity contribution is -0.178. The summed E-state index contributed by atoms with van der Waals surface area (Å²) in [5, 5.41) is 29.3. The van der Waals surface area contributed by atoms with Gasteiger partial charge in [-0.3, -0.25) is 19.3 Å². The topological polar surface area (TPSA) is 239 Å². The van der Waals surface area contributed by atoms with Crippen LogP contribution in [0.1, 0.15) is 71.5 Å². The third kappa shape index (κ3) is 9.52. The van der Waals surface area contributed by atoms with E-state index < -0.39 is 89.4 Å². The summed E-state index contributed by atoms with van der Waals surface area (Å²) < 4.78 is 17.6. The zero-order valence-corrected chi connectivity index (χ0v) is 39.2. The first-order valence-corrected chi connectivity index (χ1v) is 23.1. The van der Waals surface area contributed by atoms with Crippen LogP contribution in [-0.2, 0) is 34.1 Å². The van der Waals surface area contributed by atoms with Gasteiger partial charge >= 0.3 is 24.0 Å². The van der Waals surface area contributed by atoms with Crippen LogP contribution in [0.25, 0.3) is 0 Å². The van der Waals surface area contributed by atoms with Crippen LogP contribution in [0.5, 0.6) is 5.75 Å². The van der Waals surface area contributed by atoms with Crippen LogP contribution < -0.4 is 31.3 Å². The number of carbonyl (C=O) groups excluding carboxylic acids is 6. The Morgan fingerprint density at radius 2 is 1.49 bits per heavy atom. The van der Waals surface area contributed by atoms with Crippen molar-refractivity contribution >= 4 is 41.5 Å². The maximum atomic E-state index is 16.6. The van der Waals surface area contributed by atoms with Crippen molar-refractivity contribution in [1.82, 2.24) is 20.9 Å². The van der Waals surface area contributed by atoms with Gasteiger partial charge in [0.05, 0.1) is 50.1 Å². The van der Waals surface area contributed by atoms with Crippen LogP contribution >= 0.6 is 0 Å². The van der Waals surface area contributed by atoms with Crippen LogP contribution in [0.2, 0.25) is 0 Å². The number of nitrogens with one attached hydrogen (secondary N) is 3. The Morgan fingerprint density at radius 1 is 0.831 bits per heavy atom. The lowest BCUT2D eigenvalue weighted by Gasteiger charge is -2.46. The maximum absolute atomic E-state index is 16.6. The fraction of sp³-hybridized carbons (Fsp3) is 0.296. The molecule has 17 heteroatoms. The number of urea groups is 2. The third-order valence-corrected chi connectivity index (χ3v) is 13.1. The number of benzene rings is 5. The predicted octanol–water partition coefficient (Wildman–Crippen LogP) is 4.50. The van der Waals surface area contributed by atoms with Gasteiger partial charge in [-0.2, -0.15) is 0 Å². The molecule has 0 saturated carbocycles. The summed E-state index contributed by atoms with van der Waals surface area (Å²) in [6.45, 7) is 2.49. The standard InChI is InChI=1S/C54H54N6O11/c1-32(2)43(49(64)69-3)58-53(68)59-40-25-24-33(15-14-26-56-52(55)67)29-39(40)54(51(59)66)42(48(63)57-31-41(62)34-16-7-4-8-17-34)45-50(65)71-46(36-20-11-6-12-21-36)44(35-18-9-5-10-19-35)60(45)47(54)37-22-13-23-38(30-37)70-28-27-61/h4-13,16-25,29-30,32,41-47,61-62H,26-28,31H2,1-3H3,(H,57,63)(H,58,68)(H3,55,56,67)/t41-,42+,43-,44+,45+,46-,47-,54+/m0/s1. The zero-order valence-electron chi connectivity index (χ0n) is 39.2. The molecular formula is C54H54N6O11. The third-order valence-electron chi connectivity index (χ3n) is 13.1. The molecule has 6 amide bonds. The largest absolute Gasteiger partial charge is 0.491 e. The highest BCUT2D eigenvalue weighted by molar-refractivity contribution is 6.25.